The third-order valence-corrected chi connectivity index (χ3v) is 9.35. The second-order valence-electron chi connectivity index (χ2n) is 13.6. The second-order valence-corrected chi connectivity index (χ2v) is 14.9. The molecule has 0 aromatic heterocycles. The van der Waals surface area contributed by atoms with E-state index in [9.17, 15) is 14.2 Å². The lowest BCUT2D eigenvalue weighted by atomic mass is 10.1. The number of phosphoric acid groups is 1. The van der Waals surface area contributed by atoms with Crippen molar-refractivity contribution < 1.29 is 42.7 Å². The number of hydrogen-bond donors (Lipinski definition) is 2. The van der Waals surface area contributed by atoms with Crippen LogP contribution in [0.3, 0.4) is 0 Å². The molecule has 0 amide bonds. The van der Waals surface area contributed by atoms with Gasteiger partial charge in [0.25, 0.3) is 0 Å². The minimum atomic E-state index is -4.76. The molecule has 0 aromatic rings. The summed E-state index contributed by atoms with van der Waals surface area (Å²) in [6, 6.07) is 0. The smallest absolute Gasteiger partial charge is 0.462 e. The molecule has 1 saturated heterocycles. The van der Waals surface area contributed by atoms with Crippen molar-refractivity contribution in [1.82, 2.24) is 0 Å². The van der Waals surface area contributed by atoms with Crippen LogP contribution in [0.5, 0.6) is 0 Å². The van der Waals surface area contributed by atoms with Gasteiger partial charge in [0.15, 0.2) is 6.10 Å². The average molecular weight is 715 g/mol. The fourth-order valence-corrected chi connectivity index (χ4v) is 6.15. The minimum absolute atomic E-state index is 0.190. The molecule has 0 aliphatic carbocycles. The Balaban J connectivity index is 2.08. The number of phosphoric ester groups is 1. The molecule has 2 N–H and O–H groups in total. The van der Waals surface area contributed by atoms with E-state index in [0.29, 0.717) is 25.0 Å². The lowest BCUT2D eigenvalue weighted by Crippen LogP contribution is -2.29. The Morgan fingerprint density at radius 2 is 1.12 bits per heavy atom. The number of carbonyl (C=O) groups is 2. The van der Waals surface area contributed by atoms with E-state index < -0.39 is 32.5 Å². The van der Waals surface area contributed by atoms with Crippen LogP contribution in [0.25, 0.3) is 0 Å². The molecule has 3 atom stereocenters. The summed E-state index contributed by atoms with van der Waals surface area (Å²) in [5.74, 6) is -0.914. The van der Waals surface area contributed by atoms with Crippen LogP contribution >= 0.6 is 7.82 Å². The molecule has 286 valence electrons. The first-order valence-corrected chi connectivity index (χ1v) is 21.3. The van der Waals surface area contributed by atoms with E-state index in [2.05, 4.69) is 42.7 Å². The molecule has 10 heteroatoms. The minimum Gasteiger partial charge on any atom is -0.462 e. The van der Waals surface area contributed by atoms with Gasteiger partial charge in [-0.3, -0.25) is 14.1 Å². The molecule has 1 rings (SSSR count). The van der Waals surface area contributed by atoms with Gasteiger partial charge in [-0.25, -0.2) is 4.57 Å². The van der Waals surface area contributed by atoms with Crippen molar-refractivity contribution in [3.8, 4) is 0 Å². The van der Waals surface area contributed by atoms with E-state index in [1.807, 2.05) is 0 Å². The lowest BCUT2D eigenvalue weighted by molar-refractivity contribution is -0.161. The Morgan fingerprint density at radius 3 is 1.69 bits per heavy atom. The van der Waals surface area contributed by atoms with Gasteiger partial charge >= 0.3 is 19.8 Å². The van der Waals surface area contributed by atoms with Gasteiger partial charge in [-0.1, -0.05) is 128 Å². The largest absolute Gasteiger partial charge is 0.469 e. The van der Waals surface area contributed by atoms with Gasteiger partial charge in [0.1, 0.15) is 6.61 Å². The topological polar surface area (TPSA) is 132 Å². The van der Waals surface area contributed by atoms with Crippen LogP contribution in [0.15, 0.2) is 24.3 Å². The van der Waals surface area contributed by atoms with Gasteiger partial charge in [-0.05, 0) is 64.2 Å². The highest BCUT2D eigenvalue weighted by Gasteiger charge is 2.36. The van der Waals surface area contributed by atoms with Gasteiger partial charge in [-0.2, -0.15) is 0 Å². The van der Waals surface area contributed by atoms with Crippen LogP contribution in [-0.4, -0.2) is 53.3 Å². The number of epoxide rings is 1. The molecule has 0 saturated carbocycles. The van der Waals surface area contributed by atoms with E-state index in [4.69, 9.17) is 24.0 Å². The van der Waals surface area contributed by atoms with Crippen LogP contribution in [0, 0.1) is 0 Å². The fraction of sp³-hybridized carbons (Fsp3) is 0.846. The van der Waals surface area contributed by atoms with Gasteiger partial charge in [0, 0.05) is 12.8 Å². The number of hydrogen-bond acceptors (Lipinski definition) is 7. The number of carbonyl (C=O) groups excluding carboxylic acids is 2. The molecule has 1 heterocycles. The molecule has 9 nitrogen and oxygen atoms in total. The van der Waals surface area contributed by atoms with Crippen molar-refractivity contribution in [1.29, 1.82) is 0 Å². The first-order chi connectivity index (χ1) is 23.7. The summed E-state index contributed by atoms with van der Waals surface area (Å²) in [7, 11) is -4.76. The highest BCUT2D eigenvalue weighted by molar-refractivity contribution is 7.46. The van der Waals surface area contributed by atoms with Crippen LogP contribution in [0.1, 0.15) is 181 Å². The van der Waals surface area contributed by atoms with Gasteiger partial charge < -0.3 is 24.0 Å². The summed E-state index contributed by atoms with van der Waals surface area (Å²) < 4.78 is 32.1. The highest BCUT2D eigenvalue weighted by atomic mass is 31.2. The number of rotatable bonds is 35. The highest BCUT2D eigenvalue weighted by Crippen LogP contribution is 2.36. The molecular weight excluding hydrogens is 643 g/mol. The molecule has 2 unspecified atom stereocenters. The normalized spacial score (nSPS) is 16.8. The molecular formula is C39H71O9P. The zero-order chi connectivity index (χ0) is 35.8. The third-order valence-electron chi connectivity index (χ3n) is 8.87. The fourth-order valence-electron chi connectivity index (χ4n) is 5.79. The van der Waals surface area contributed by atoms with Crippen LogP contribution in [-0.2, 0) is 32.9 Å². The molecule has 0 spiro atoms. The summed E-state index contributed by atoms with van der Waals surface area (Å²) in [6.07, 6.45) is 36.4. The SMILES string of the molecule is CCCCCCCC/C=C\CCCCCCCC(=O)OC[C@H](COP(=O)(O)O)OC(=O)CCCCCCC/C=C\CC1OC1CCCCC. The van der Waals surface area contributed by atoms with Crippen molar-refractivity contribution in [2.24, 2.45) is 0 Å². The predicted octanol–water partition coefficient (Wildman–Crippen LogP) is 10.6. The van der Waals surface area contributed by atoms with Crippen LogP contribution < -0.4 is 0 Å². The Labute approximate surface area is 298 Å². The molecule has 0 bridgehead atoms. The molecule has 49 heavy (non-hydrogen) atoms. The van der Waals surface area contributed by atoms with Crippen LogP contribution in [0.4, 0.5) is 0 Å². The van der Waals surface area contributed by atoms with Crippen LogP contribution in [0.2, 0.25) is 0 Å². The molecule has 0 radical (unpaired) electrons. The van der Waals surface area contributed by atoms with Crippen molar-refractivity contribution in [3.63, 3.8) is 0 Å². The van der Waals surface area contributed by atoms with E-state index in [-0.39, 0.29) is 19.4 Å². The quantitative estimate of drug-likeness (QED) is 0.0216. The van der Waals surface area contributed by atoms with Gasteiger partial charge in [0.05, 0.1) is 18.8 Å². The van der Waals surface area contributed by atoms with E-state index in [1.54, 1.807) is 0 Å². The third kappa shape index (κ3) is 31.0. The zero-order valence-corrected chi connectivity index (χ0v) is 31.9. The number of ether oxygens (including phenoxy) is 3. The number of allylic oxidation sites excluding steroid dienone is 3. The summed E-state index contributed by atoms with van der Waals surface area (Å²) in [4.78, 5) is 42.8. The molecule has 1 fully saturated rings. The van der Waals surface area contributed by atoms with Gasteiger partial charge in [-0.15, -0.1) is 0 Å². The average Bonchev–Trinajstić information content (AvgIpc) is 3.82. The second kappa shape index (κ2) is 31.2. The maximum atomic E-state index is 12.4. The number of unbranched alkanes of at least 4 members (excludes halogenated alkanes) is 18. The lowest BCUT2D eigenvalue weighted by Gasteiger charge is -2.18. The van der Waals surface area contributed by atoms with E-state index in [0.717, 1.165) is 70.6 Å². The predicted molar refractivity (Wildman–Crippen MR) is 197 cm³/mol. The maximum Gasteiger partial charge on any atom is 0.469 e. The Bertz CT molecular complexity index is 916. The van der Waals surface area contributed by atoms with E-state index >= 15 is 0 Å². The van der Waals surface area contributed by atoms with Crippen molar-refractivity contribution in [3.05, 3.63) is 24.3 Å². The first-order valence-electron chi connectivity index (χ1n) is 19.8. The maximum absolute atomic E-state index is 12.4. The molecule has 0 aromatic carbocycles. The Hall–Kier alpha value is -1.51. The molecule has 1 aliphatic heterocycles. The summed E-state index contributed by atoms with van der Waals surface area (Å²) in [5, 5.41) is 0. The first kappa shape index (κ1) is 45.5. The van der Waals surface area contributed by atoms with Crippen molar-refractivity contribution in [2.45, 2.75) is 199 Å². The summed E-state index contributed by atoms with van der Waals surface area (Å²) >= 11 is 0. The van der Waals surface area contributed by atoms with Gasteiger partial charge in [0.2, 0.25) is 0 Å². The van der Waals surface area contributed by atoms with Crippen molar-refractivity contribution >= 4 is 19.8 Å². The summed E-state index contributed by atoms with van der Waals surface area (Å²) in [6.45, 7) is 3.62. The Morgan fingerprint density at radius 1 is 0.633 bits per heavy atom. The number of esters is 2. The zero-order valence-electron chi connectivity index (χ0n) is 31.0. The Kier molecular flexibility index (Phi) is 29.0. The van der Waals surface area contributed by atoms with E-state index in [1.165, 1.54) is 70.6 Å². The summed E-state index contributed by atoms with van der Waals surface area (Å²) in [5.41, 5.74) is 0. The van der Waals surface area contributed by atoms with Crippen molar-refractivity contribution in [2.75, 3.05) is 13.2 Å². The molecule has 1 aliphatic rings. The standard InChI is InChI=1S/C39H71O9P/c1-3-5-7-8-9-10-11-12-13-14-15-16-20-23-27-31-38(40)45-33-35(34-46-49(42,43)44)47-39(41)32-28-24-21-18-17-19-22-26-30-37-36(48-37)29-25-6-4-2/h12-13,22,26,35-37H,3-11,14-21,23-25,27-34H2,1-2H3,(H2,42,43,44)/b13-12-,26-22-/t35-,36?,37?/m1/s1. The monoisotopic (exact) mass is 714 g/mol.